The van der Waals surface area contributed by atoms with E-state index in [1.165, 1.54) is 0 Å². The Labute approximate surface area is 200 Å². The molecule has 8 nitrogen and oxygen atoms in total. The van der Waals surface area contributed by atoms with Crippen molar-refractivity contribution in [2.24, 2.45) is 11.8 Å². The smallest absolute Gasteiger partial charge is 0.306 e. The van der Waals surface area contributed by atoms with Crippen LogP contribution in [-0.4, -0.2) is 35.6 Å². The SMILES string of the molecule is CC[C@H](Nc1ncc(C(=O)NC[C@H]2CC[C@H](C(=O)O)CC2)cc1C)c1cc(C#N)ccc1OC. The summed E-state index contributed by atoms with van der Waals surface area (Å²) in [6.07, 6.45) is 5.26. The quantitative estimate of drug-likeness (QED) is 0.500. The average Bonchev–Trinajstić information content (AvgIpc) is 2.86. The fraction of sp³-hybridized carbons (Fsp3) is 0.462. The fourth-order valence-corrected chi connectivity index (χ4v) is 4.44. The van der Waals surface area contributed by atoms with Crippen LogP contribution >= 0.6 is 0 Å². The molecule has 0 aliphatic heterocycles. The summed E-state index contributed by atoms with van der Waals surface area (Å²) in [6, 6.07) is 9.20. The number of nitrogens with one attached hydrogen (secondary N) is 2. The standard InChI is InChI=1S/C26H32N4O4/c1-4-22(21-12-18(13-27)7-10-23(21)34-3)30-24-16(2)11-20(15-28-24)25(31)29-14-17-5-8-19(9-6-17)26(32)33/h7,10-12,15,17,19,22H,4-6,8-9,14H2,1-3H3,(H,28,30)(H,29,31)(H,32,33)/t17-,19-,22-/m0/s1. The molecular weight excluding hydrogens is 432 g/mol. The number of hydrogen-bond acceptors (Lipinski definition) is 6. The van der Waals surface area contributed by atoms with Gasteiger partial charge in [0.1, 0.15) is 11.6 Å². The first-order valence-corrected chi connectivity index (χ1v) is 11.7. The number of amides is 1. The predicted octanol–water partition coefficient (Wildman–Crippen LogP) is 4.45. The number of carbonyl (C=O) groups excluding carboxylic acids is 1. The lowest BCUT2D eigenvalue weighted by Crippen LogP contribution is -2.32. The topological polar surface area (TPSA) is 124 Å². The summed E-state index contributed by atoms with van der Waals surface area (Å²) in [5.41, 5.74) is 2.76. The number of hydrogen-bond donors (Lipinski definition) is 3. The van der Waals surface area contributed by atoms with Crippen molar-refractivity contribution in [1.29, 1.82) is 5.26 Å². The Balaban J connectivity index is 1.64. The van der Waals surface area contributed by atoms with Crippen LogP contribution in [0.5, 0.6) is 5.75 Å². The second kappa shape index (κ2) is 11.5. The Morgan fingerprint density at radius 1 is 1.26 bits per heavy atom. The van der Waals surface area contributed by atoms with E-state index in [2.05, 4.69) is 21.7 Å². The molecule has 0 spiro atoms. The molecule has 1 aliphatic rings. The Kier molecular flexibility index (Phi) is 8.47. The van der Waals surface area contributed by atoms with Gasteiger partial charge in [-0.25, -0.2) is 4.98 Å². The monoisotopic (exact) mass is 464 g/mol. The minimum absolute atomic E-state index is 0.116. The summed E-state index contributed by atoms with van der Waals surface area (Å²) >= 11 is 0. The first-order chi connectivity index (χ1) is 16.4. The van der Waals surface area contributed by atoms with Crippen LogP contribution in [0.2, 0.25) is 0 Å². The molecule has 8 heteroatoms. The van der Waals surface area contributed by atoms with Gasteiger partial charge in [0, 0.05) is 18.3 Å². The van der Waals surface area contributed by atoms with Gasteiger partial charge in [0.25, 0.3) is 5.91 Å². The summed E-state index contributed by atoms with van der Waals surface area (Å²) < 4.78 is 5.49. The van der Waals surface area contributed by atoms with Crippen molar-refractivity contribution in [2.45, 2.75) is 52.0 Å². The molecule has 2 aromatic rings. The average molecular weight is 465 g/mol. The molecule has 180 valence electrons. The molecule has 3 N–H and O–H groups in total. The molecule has 1 fully saturated rings. The molecule has 0 radical (unpaired) electrons. The van der Waals surface area contributed by atoms with Crippen LogP contribution in [-0.2, 0) is 4.79 Å². The Bertz CT molecular complexity index is 1070. The van der Waals surface area contributed by atoms with Crippen LogP contribution in [0, 0.1) is 30.1 Å². The number of benzene rings is 1. The molecule has 0 bridgehead atoms. The van der Waals surface area contributed by atoms with E-state index in [-0.39, 0.29) is 17.9 Å². The minimum Gasteiger partial charge on any atom is -0.496 e. The van der Waals surface area contributed by atoms with Crippen molar-refractivity contribution in [1.82, 2.24) is 10.3 Å². The van der Waals surface area contributed by atoms with Crippen LogP contribution in [0.15, 0.2) is 30.5 Å². The Morgan fingerprint density at radius 3 is 2.59 bits per heavy atom. The summed E-state index contributed by atoms with van der Waals surface area (Å²) in [5, 5.41) is 24.8. The molecule has 3 rings (SSSR count). The van der Waals surface area contributed by atoms with E-state index < -0.39 is 5.97 Å². The van der Waals surface area contributed by atoms with E-state index in [1.807, 2.05) is 26.0 Å². The molecule has 1 aromatic heterocycles. The van der Waals surface area contributed by atoms with E-state index in [9.17, 15) is 14.9 Å². The fourth-order valence-electron chi connectivity index (χ4n) is 4.44. The summed E-state index contributed by atoms with van der Waals surface area (Å²) in [7, 11) is 1.60. The van der Waals surface area contributed by atoms with Gasteiger partial charge in [-0.1, -0.05) is 6.92 Å². The van der Waals surface area contributed by atoms with E-state index >= 15 is 0 Å². The van der Waals surface area contributed by atoms with Crippen molar-refractivity contribution in [3.05, 3.63) is 52.7 Å². The second-order valence-corrected chi connectivity index (χ2v) is 8.83. The first kappa shape index (κ1) is 25.0. The number of ether oxygens (including phenoxy) is 1. The van der Waals surface area contributed by atoms with Gasteiger partial charge in [-0.2, -0.15) is 5.26 Å². The molecule has 1 amide bonds. The highest BCUT2D eigenvalue weighted by atomic mass is 16.5. The highest BCUT2D eigenvalue weighted by molar-refractivity contribution is 5.94. The van der Waals surface area contributed by atoms with Gasteiger partial charge in [-0.3, -0.25) is 9.59 Å². The maximum absolute atomic E-state index is 12.7. The largest absolute Gasteiger partial charge is 0.496 e. The number of rotatable bonds is 9. The number of aryl methyl sites for hydroxylation is 1. The Hall–Kier alpha value is -3.60. The zero-order valence-electron chi connectivity index (χ0n) is 19.9. The number of nitrogens with zero attached hydrogens (tertiary/aromatic N) is 2. The Morgan fingerprint density at radius 2 is 2.00 bits per heavy atom. The van der Waals surface area contributed by atoms with E-state index in [1.54, 1.807) is 25.4 Å². The van der Waals surface area contributed by atoms with E-state index in [0.717, 1.165) is 30.4 Å². The number of pyridine rings is 1. The van der Waals surface area contributed by atoms with Gasteiger partial charge in [-0.05, 0) is 74.8 Å². The van der Waals surface area contributed by atoms with Crippen molar-refractivity contribution < 1.29 is 19.4 Å². The number of carboxylic acids is 1. The normalized spacial score (nSPS) is 18.4. The molecule has 1 heterocycles. The number of aliphatic carboxylic acids is 1. The number of carbonyl (C=O) groups is 2. The highest BCUT2D eigenvalue weighted by Gasteiger charge is 2.26. The second-order valence-electron chi connectivity index (χ2n) is 8.83. The van der Waals surface area contributed by atoms with Crippen molar-refractivity contribution in [3.63, 3.8) is 0 Å². The van der Waals surface area contributed by atoms with Crippen LogP contribution in [0.3, 0.4) is 0 Å². The molecule has 34 heavy (non-hydrogen) atoms. The lowest BCUT2D eigenvalue weighted by molar-refractivity contribution is -0.143. The van der Waals surface area contributed by atoms with Crippen LogP contribution in [0.1, 0.15) is 72.1 Å². The summed E-state index contributed by atoms with van der Waals surface area (Å²) in [4.78, 5) is 28.3. The third kappa shape index (κ3) is 6.04. The van der Waals surface area contributed by atoms with Crippen molar-refractivity contribution >= 4 is 17.7 Å². The summed E-state index contributed by atoms with van der Waals surface area (Å²) in [5.74, 6) is 0.508. The first-order valence-electron chi connectivity index (χ1n) is 11.7. The van der Waals surface area contributed by atoms with Gasteiger partial charge in [0.15, 0.2) is 0 Å². The lowest BCUT2D eigenvalue weighted by Gasteiger charge is -2.26. The summed E-state index contributed by atoms with van der Waals surface area (Å²) in [6.45, 7) is 4.48. The van der Waals surface area contributed by atoms with Gasteiger partial charge in [0.2, 0.25) is 0 Å². The molecule has 1 atom stereocenters. The predicted molar refractivity (Wildman–Crippen MR) is 129 cm³/mol. The molecule has 1 aliphatic carbocycles. The number of nitriles is 1. The maximum Gasteiger partial charge on any atom is 0.306 e. The van der Waals surface area contributed by atoms with Crippen LogP contribution < -0.4 is 15.4 Å². The van der Waals surface area contributed by atoms with Gasteiger partial charge in [-0.15, -0.1) is 0 Å². The van der Waals surface area contributed by atoms with E-state index in [4.69, 9.17) is 9.84 Å². The number of anilines is 1. The third-order valence-electron chi connectivity index (χ3n) is 6.54. The van der Waals surface area contributed by atoms with Crippen LogP contribution in [0.4, 0.5) is 5.82 Å². The van der Waals surface area contributed by atoms with Crippen LogP contribution in [0.25, 0.3) is 0 Å². The maximum atomic E-state index is 12.7. The lowest BCUT2D eigenvalue weighted by atomic mass is 9.82. The number of aromatic nitrogens is 1. The number of carboxylic acid groups (broad SMARTS) is 1. The molecule has 0 saturated heterocycles. The third-order valence-corrected chi connectivity index (χ3v) is 6.54. The van der Waals surface area contributed by atoms with Gasteiger partial charge in [0.05, 0.1) is 36.3 Å². The van der Waals surface area contributed by atoms with Gasteiger partial charge >= 0.3 is 5.97 Å². The van der Waals surface area contributed by atoms with Gasteiger partial charge < -0.3 is 20.5 Å². The zero-order chi connectivity index (χ0) is 24.7. The number of methoxy groups -OCH3 is 1. The molecule has 1 aromatic carbocycles. The molecule has 1 saturated carbocycles. The molecular formula is C26H32N4O4. The van der Waals surface area contributed by atoms with Crippen molar-refractivity contribution in [3.8, 4) is 11.8 Å². The van der Waals surface area contributed by atoms with E-state index in [0.29, 0.717) is 48.0 Å². The van der Waals surface area contributed by atoms with Crippen molar-refractivity contribution in [2.75, 3.05) is 19.0 Å². The molecule has 0 unspecified atom stereocenters. The highest BCUT2D eigenvalue weighted by Crippen LogP contribution is 2.32. The minimum atomic E-state index is -0.723. The zero-order valence-corrected chi connectivity index (χ0v) is 19.9.